The van der Waals surface area contributed by atoms with Crippen molar-refractivity contribution in [1.29, 1.82) is 0 Å². The Balaban J connectivity index is 0.000000169. The van der Waals surface area contributed by atoms with Gasteiger partial charge in [-0.1, -0.05) is 12.1 Å². The number of aliphatic hydroxyl groups is 1. The Hall–Kier alpha value is -2.36. The maximum absolute atomic E-state index is 11.5. The number of aromatic nitrogens is 2. The summed E-state index contributed by atoms with van der Waals surface area (Å²) in [6.45, 7) is 2.39. The Morgan fingerprint density at radius 1 is 0.966 bits per heavy atom. The van der Waals surface area contributed by atoms with E-state index in [4.69, 9.17) is 4.84 Å². The lowest BCUT2D eigenvalue weighted by atomic mass is 9.99. The number of pyridine rings is 2. The molecule has 0 fully saturated rings. The van der Waals surface area contributed by atoms with Gasteiger partial charge in [-0.15, -0.1) is 0 Å². The average molecular weight is 523 g/mol. The van der Waals surface area contributed by atoms with Crippen molar-refractivity contribution in [2.24, 2.45) is 0 Å². The van der Waals surface area contributed by atoms with Gasteiger partial charge in [0.05, 0.1) is 18.0 Å². The molecule has 2 N–H and O–H groups in total. The van der Waals surface area contributed by atoms with Gasteiger partial charge in [-0.2, -0.15) is 0 Å². The van der Waals surface area contributed by atoms with Crippen LogP contribution in [-0.2, 0) is 27.3 Å². The van der Waals surface area contributed by atoms with E-state index in [1.165, 1.54) is 12.2 Å². The van der Waals surface area contributed by atoms with Crippen molar-refractivity contribution in [3.63, 3.8) is 0 Å². The van der Waals surface area contributed by atoms with Crippen LogP contribution in [0.4, 0.5) is 0 Å². The van der Waals surface area contributed by atoms with E-state index in [9.17, 15) is 14.7 Å². The smallest absolute Gasteiger partial charge is 0.163 e. The van der Waals surface area contributed by atoms with Crippen molar-refractivity contribution >= 4 is 54.9 Å². The van der Waals surface area contributed by atoms with Crippen molar-refractivity contribution in [2.45, 2.75) is 19.8 Å². The fourth-order valence-corrected chi connectivity index (χ4v) is 3.44. The highest BCUT2D eigenvalue weighted by molar-refractivity contribution is 9.10. The molecule has 0 unspecified atom stereocenters. The van der Waals surface area contributed by atoms with Gasteiger partial charge in [0.15, 0.2) is 11.6 Å². The first-order valence-corrected chi connectivity index (χ1v) is 10.3. The molecule has 2 aliphatic carbocycles. The molecule has 9 heteroatoms. The van der Waals surface area contributed by atoms with Gasteiger partial charge >= 0.3 is 0 Å². The lowest BCUT2D eigenvalue weighted by Gasteiger charge is -2.17. The summed E-state index contributed by atoms with van der Waals surface area (Å²) < 4.78 is 1.39. The average Bonchev–Trinajstić information content (AvgIpc) is 2.67. The van der Waals surface area contributed by atoms with E-state index in [1.807, 2.05) is 19.1 Å². The minimum Gasteiger partial charge on any atom is -0.506 e. The van der Waals surface area contributed by atoms with Crippen LogP contribution in [0.15, 0.2) is 45.6 Å². The molecule has 2 aromatic heterocycles. The van der Waals surface area contributed by atoms with Crippen LogP contribution >= 0.6 is 31.9 Å². The highest BCUT2D eigenvalue weighted by Crippen LogP contribution is 2.24. The molecule has 0 saturated heterocycles. The van der Waals surface area contributed by atoms with E-state index in [-0.39, 0.29) is 17.3 Å². The molecule has 7 nitrogen and oxygen atoms in total. The number of rotatable bonds is 3. The maximum atomic E-state index is 11.5. The summed E-state index contributed by atoms with van der Waals surface area (Å²) in [5.41, 5.74) is 6.31. The SMILES string of the molecule is CCONC1=CC(=O)Cc2ccc(Br)nc21.O=C1C=C(O)c2nc(Br)ccc2C1. The number of carbonyl (C=O) groups excluding carboxylic acids is 2. The van der Waals surface area contributed by atoms with E-state index in [2.05, 4.69) is 47.3 Å². The molecule has 0 saturated carbocycles. The third kappa shape index (κ3) is 5.37. The number of allylic oxidation sites excluding steroid dienone is 2. The molecule has 0 atom stereocenters. The van der Waals surface area contributed by atoms with Crippen molar-refractivity contribution in [3.05, 3.63) is 68.1 Å². The fourth-order valence-electron chi connectivity index (χ4n) is 2.82. The molecule has 0 bridgehead atoms. The molecular weight excluding hydrogens is 506 g/mol. The molecule has 0 aliphatic heterocycles. The predicted molar refractivity (Wildman–Crippen MR) is 115 cm³/mol. The number of nitrogens with one attached hydrogen (secondary N) is 1. The summed E-state index contributed by atoms with van der Waals surface area (Å²) in [6, 6.07) is 7.26. The molecule has 2 aromatic rings. The van der Waals surface area contributed by atoms with Gasteiger partial charge in [0.2, 0.25) is 0 Å². The minimum absolute atomic E-state index is 0.0486. The van der Waals surface area contributed by atoms with Gasteiger partial charge in [-0.05, 0) is 62.0 Å². The number of ketones is 2. The summed E-state index contributed by atoms with van der Waals surface area (Å²) in [5.74, 6) is -0.0829. The van der Waals surface area contributed by atoms with Crippen LogP contribution in [-0.4, -0.2) is 33.2 Å². The van der Waals surface area contributed by atoms with Gasteiger partial charge < -0.3 is 5.11 Å². The number of aliphatic hydroxyl groups excluding tert-OH is 1. The lowest BCUT2D eigenvalue weighted by molar-refractivity contribution is -0.115. The number of hydrogen-bond acceptors (Lipinski definition) is 7. The van der Waals surface area contributed by atoms with E-state index in [0.717, 1.165) is 21.4 Å². The zero-order chi connectivity index (χ0) is 21.0. The quantitative estimate of drug-likeness (QED) is 0.468. The molecule has 0 amide bonds. The van der Waals surface area contributed by atoms with Crippen LogP contribution in [0, 0.1) is 0 Å². The second-order valence-corrected chi connectivity index (χ2v) is 7.82. The fraction of sp³-hybridized carbons (Fsp3) is 0.200. The Bertz CT molecular complexity index is 1030. The molecule has 0 radical (unpaired) electrons. The maximum Gasteiger partial charge on any atom is 0.163 e. The van der Waals surface area contributed by atoms with Gasteiger partial charge in [-0.25, -0.2) is 9.97 Å². The van der Waals surface area contributed by atoms with Crippen molar-refractivity contribution in [2.75, 3.05) is 6.61 Å². The number of fused-ring (bicyclic) bond motifs is 2. The minimum atomic E-state index is -0.0888. The number of halogens is 2. The predicted octanol–water partition coefficient (Wildman–Crippen LogP) is 3.72. The Morgan fingerprint density at radius 3 is 2.14 bits per heavy atom. The van der Waals surface area contributed by atoms with Crippen LogP contribution < -0.4 is 5.48 Å². The third-order valence-corrected chi connectivity index (χ3v) is 4.93. The summed E-state index contributed by atoms with van der Waals surface area (Å²) in [5, 5.41) is 9.41. The number of hydrogen-bond donors (Lipinski definition) is 2. The Labute approximate surface area is 184 Å². The molecule has 0 spiro atoms. The molecule has 0 aromatic carbocycles. The summed E-state index contributed by atoms with van der Waals surface area (Å²) >= 11 is 6.51. The molecule has 2 heterocycles. The van der Waals surface area contributed by atoms with Crippen molar-refractivity contribution in [3.8, 4) is 0 Å². The van der Waals surface area contributed by atoms with Gasteiger partial charge in [0.1, 0.15) is 20.7 Å². The van der Waals surface area contributed by atoms with E-state index in [0.29, 0.717) is 35.4 Å². The number of nitrogens with zero attached hydrogens (tertiary/aromatic N) is 2. The van der Waals surface area contributed by atoms with Crippen LogP contribution in [0.5, 0.6) is 0 Å². The zero-order valence-corrected chi connectivity index (χ0v) is 18.6. The lowest BCUT2D eigenvalue weighted by Crippen LogP contribution is -2.21. The molecular formula is C20H17Br2N3O4. The molecule has 4 rings (SSSR count). The Kier molecular flexibility index (Phi) is 6.94. The molecule has 150 valence electrons. The monoisotopic (exact) mass is 521 g/mol. The van der Waals surface area contributed by atoms with Crippen molar-refractivity contribution in [1.82, 2.24) is 15.4 Å². The van der Waals surface area contributed by atoms with Crippen molar-refractivity contribution < 1.29 is 19.5 Å². The van der Waals surface area contributed by atoms with E-state index in [1.54, 1.807) is 12.1 Å². The molecule has 2 aliphatic rings. The second-order valence-electron chi connectivity index (χ2n) is 6.19. The normalized spacial score (nSPS) is 14.7. The first-order valence-electron chi connectivity index (χ1n) is 8.74. The zero-order valence-electron chi connectivity index (χ0n) is 15.4. The highest BCUT2D eigenvalue weighted by Gasteiger charge is 2.19. The van der Waals surface area contributed by atoms with Crippen LogP contribution in [0.3, 0.4) is 0 Å². The van der Waals surface area contributed by atoms with E-state index < -0.39 is 0 Å². The molecule has 29 heavy (non-hydrogen) atoms. The largest absolute Gasteiger partial charge is 0.506 e. The first kappa shape index (κ1) is 21.4. The Morgan fingerprint density at radius 2 is 1.52 bits per heavy atom. The van der Waals surface area contributed by atoms with Gasteiger partial charge in [0, 0.05) is 25.0 Å². The first-order chi connectivity index (χ1) is 13.9. The van der Waals surface area contributed by atoms with Crippen LogP contribution in [0.2, 0.25) is 0 Å². The number of carbonyl (C=O) groups is 2. The standard InChI is InChI=1S/C11H11BrN2O2.C9H6BrNO2/c1-2-16-14-9-6-8(15)5-7-3-4-10(12)13-11(7)9;10-8-2-1-5-3-6(12)4-7(13)9(5)11-8/h3-4,6,14H,2,5H2,1H3;1-2,4,13H,3H2. The third-order valence-electron chi connectivity index (χ3n) is 4.05. The van der Waals surface area contributed by atoms with E-state index >= 15 is 0 Å². The summed E-state index contributed by atoms with van der Waals surface area (Å²) in [6.07, 6.45) is 3.45. The van der Waals surface area contributed by atoms with Crippen LogP contribution in [0.25, 0.3) is 11.5 Å². The van der Waals surface area contributed by atoms with Gasteiger partial charge in [0.25, 0.3) is 0 Å². The highest BCUT2D eigenvalue weighted by atomic mass is 79.9. The van der Waals surface area contributed by atoms with Gasteiger partial charge in [-0.3, -0.25) is 19.9 Å². The summed E-state index contributed by atoms with van der Waals surface area (Å²) in [4.78, 5) is 36.0. The van der Waals surface area contributed by atoms with Crippen LogP contribution in [0.1, 0.15) is 29.4 Å². The second kappa shape index (κ2) is 9.43. The topological polar surface area (TPSA) is 101 Å². The summed E-state index contributed by atoms with van der Waals surface area (Å²) in [7, 11) is 0. The number of hydroxylamine groups is 1.